The van der Waals surface area contributed by atoms with Gasteiger partial charge in [0.25, 0.3) is 0 Å². The number of rotatable bonds is 0. The molecule has 0 N–H and O–H groups in total. The van der Waals surface area contributed by atoms with Crippen LogP contribution in [0.25, 0.3) is 0 Å². The zero-order chi connectivity index (χ0) is 11.9. The van der Waals surface area contributed by atoms with Crippen molar-refractivity contribution in [2.45, 2.75) is 41.5 Å². The van der Waals surface area contributed by atoms with E-state index >= 15 is 0 Å². The van der Waals surface area contributed by atoms with Gasteiger partial charge in [0.1, 0.15) is 11.5 Å². The molecule has 0 amide bonds. The van der Waals surface area contributed by atoms with E-state index in [1.807, 2.05) is 6.08 Å². The molecule has 1 aliphatic rings. The van der Waals surface area contributed by atoms with Gasteiger partial charge in [0.05, 0.1) is 6.42 Å². The molecule has 1 rings (SSSR count). The van der Waals surface area contributed by atoms with Gasteiger partial charge in [0.15, 0.2) is 0 Å². The molecule has 2 radical (unpaired) electrons. The smallest absolute Gasteiger partial charge is 0.119 e. The van der Waals surface area contributed by atoms with Gasteiger partial charge >= 0.3 is 0 Å². The van der Waals surface area contributed by atoms with Crippen molar-refractivity contribution in [1.29, 1.82) is 0 Å². The summed E-state index contributed by atoms with van der Waals surface area (Å²) in [4.78, 5) is 0.801. The minimum absolute atomic E-state index is 0.0119. The predicted octanol–water partition coefficient (Wildman–Crippen LogP) is 4.22. The number of ether oxygens (including phenoxy) is 1. The van der Waals surface area contributed by atoms with Crippen LogP contribution in [0.15, 0.2) is 22.5 Å². The fourth-order valence-corrected chi connectivity index (χ4v) is 1.71. The molecule has 0 spiro atoms. The summed E-state index contributed by atoms with van der Waals surface area (Å²) >= 11 is 4.38. The largest absolute Gasteiger partial charge is 0.464 e. The van der Waals surface area contributed by atoms with Crippen LogP contribution in [0.5, 0.6) is 0 Å². The van der Waals surface area contributed by atoms with E-state index in [0.717, 1.165) is 16.4 Å². The Bertz CT molecular complexity index is 310. The maximum atomic E-state index is 5.93. The first-order chi connectivity index (χ1) is 6.62. The molecule has 0 saturated heterocycles. The highest BCUT2D eigenvalue weighted by Crippen LogP contribution is 2.40. The summed E-state index contributed by atoms with van der Waals surface area (Å²) in [5, 5.41) is 0. The second-order valence-corrected chi connectivity index (χ2v) is 6.38. The second kappa shape index (κ2) is 3.89. The third-order valence-electron chi connectivity index (χ3n) is 2.19. The topological polar surface area (TPSA) is 9.23 Å². The second-order valence-electron chi connectivity index (χ2n) is 5.93. The van der Waals surface area contributed by atoms with E-state index in [-0.39, 0.29) is 10.8 Å². The first-order valence-electron chi connectivity index (χ1n) is 5.21. The molecule has 0 saturated carbocycles. The zero-order valence-electron chi connectivity index (χ0n) is 10.4. The lowest BCUT2D eigenvalue weighted by Gasteiger charge is -2.33. The van der Waals surface area contributed by atoms with Crippen molar-refractivity contribution in [3.63, 3.8) is 0 Å². The lowest BCUT2D eigenvalue weighted by Crippen LogP contribution is -2.21. The molecule has 0 unspecified atom stereocenters. The summed E-state index contributed by atoms with van der Waals surface area (Å²) in [7, 11) is 0. The highest BCUT2D eigenvalue weighted by Gasteiger charge is 2.30. The lowest BCUT2D eigenvalue weighted by atomic mass is 9.88. The van der Waals surface area contributed by atoms with Crippen LogP contribution in [0.2, 0.25) is 0 Å². The lowest BCUT2D eigenvalue weighted by molar-refractivity contribution is 0.160. The minimum Gasteiger partial charge on any atom is -0.464 e. The molecule has 15 heavy (non-hydrogen) atoms. The molecular weight excluding hydrogens is 204 g/mol. The van der Waals surface area contributed by atoms with Gasteiger partial charge in [0, 0.05) is 15.7 Å². The van der Waals surface area contributed by atoms with Crippen molar-refractivity contribution in [3.8, 4) is 0 Å². The fourth-order valence-electron chi connectivity index (χ4n) is 1.27. The molecule has 0 aromatic rings. The Morgan fingerprint density at radius 3 is 2.00 bits per heavy atom. The molecule has 0 bridgehead atoms. The quantitative estimate of drug-likeness (QED) is 0.606. The Balaban J connectivity index is 2.95. The van der Waals surface area contributed by atoms with E-state index in [1.54, 1.807) is 0 Å². The monoisotopic (exact) mass is 224 g/mol. The fraction of sp³-hybridized carbons (Fsp3) is 0.615. The van der Waals surface area contributed by atoms with Gasteiger partial charge in [-0.05, 0) is 6.08 Å². The van der Waals surface area contributed by atoms with E-state index in [1.165, 1.54) is 0 Å². The molecule has 0 atom stereocenters. The van der Waals surface area contributed by atoms with E-state index < -0.39 is 0 Å². The average molecular weight is 224 g/mol. The maximum Gasteiger partial charge on any atom is 0.119 e. The standard InChI is InChI=1S/C13H20OS/c1-12(2,3)10-8-7-9(15)11(14-10)13(4,5)6/h8,15H,1-6H3. The molecule has 1 heterocycles. The van der Waals surface area contributed by atoms with Gasteiger partial charge in [-0.2, -0.15) is 0 Å². The van der Waals surface area contributed by atoms with Gasteiger partial charge in [0.2, 0.25) is 0 Å². The average Bonchev–Trinajstić information content (AvgIpc) is 2.00. The molecule has 2 heteroatoms. The van der Waals surface area contributed by atoms with Gasteiger partial charge in [-0.3, -0.25) is 0 Å². The molecule has 0 aromatic heterocycles. The summed E-state index contributed by atoms with van der Waals surface area (Å²) in [5.74, 6) is 1.85. The number of allylic oxidation sites excluding steroid dienone is 4. The van der Waals surface area contributed by atoms with Crippen LogP contribution in [-0.2, 0) is 4.74 Å². The van der Waals surface area contributed by atoms with E-state index in [4.69, 9.17) is 4.74 Å². The van der Waals surface area contributed by atoms with E-state index in [0.29, 0.717) is 0 Å². The third kappa shape index (κ3) is 3.04. The Morgan fingerprint density at radius 2 is 1.60 bits per heavy atom. The van der Waals surface area contributed by atoms with Crippen molar-refractivity contribution in [2.24, 2.45) is 10.8 Å². The van der Waals surface area contributed by atoms with Gasteiger partial charge in [-0.15, -0.1) is 12.6 Å². The van der Waals surface area contributed by atoms with Crippen molar-refractivity contribution >= 4 is 12.6 Å². The highest BCUT2D eigenvalue weighted by atomic mass is 32.1. The molecule has 84 valence electrons. The zero-order valence-corrected chi connectivity index (χ0v) is 11.3. The van der Waals surface area contributed by atoms with Crippen molar-refractivity contribution in [3.05, 3.63) is 28.9 Å². The Kier molecular flexibility index (Phi) is 3.30. The normalized spacial score (nSPS) is 18.7. The number of hydrogen-bond acceptors (Lipinski definition) is 2. The molecule has 0 aromatic carbocycles. The van der Waals surface area contributed by atoms with Crippen LogP contribution < -0.4 is 0 Å². The SMILES string of the molecule is CC(C)(C)C1=C[C]C(S)=C(C(C)(C)C)O1. The van der Waals surface area contributed by atoms with E-state index in [9.17, 15) is 0 Å². The van der Waals surface area contributed by atoms with Crippen LogP contribution in [0.4, 0.5) is 0 Å². The summed E-state index contributed by atoms with van der Waals surface area (Å²) in [6.07, 6.45) is 5.04. The van der Waals surface area contributed by atoms with Crippen molar-refractivity contribution < 1.29 is 4.74 Å². The predicted molar refractivity (Wildman–Crippen MR) is 67.3 cm³/mol. The summed E-state index contributed by atoms with van der Waals surface area (Å²) in [5.41, 5.74) is -0.0210. The van der Waals surface area contributed by atoms with E-state index in [2.05, 4.69) is 60.6 Å². The maximum absolute atomic E-state index is 5.93. The van der Waals surface area contributed by atoms with Crippen LogP contribution in [0, 0.1) is 17.3 Å². The van der Waals surface area contributed by atoms with Crippen LogP contribution in [0.3, 0.4) is 0 Å². The van der Waals surface area contributed by atoms with Crippen molar-refractivity contribution in [2.75, 3.05) is 0 Å². The Labute approximate surface area is 99.0 Å². The molecule has 1 aliphatic heterocycles. The van der Waals surface area contributed by atoms with Crippen molar-refractivity contribution in [1.82, 2.24) is 0 Å². The van der Waals surface area contributed by atoms with Crippen LogP contribution in [-0.4, -0.2) is 0 Å². The van der Waals surface area contributed by atoms with Gasteiger partial charge in [-0.25, -0.2) is 0 Å². The Hall–Kier alpha value is -0.370. The summed E-state index contributed by atoms with van der Waals surface area (Å²) in [6.45, 7) is 12.7. The molecule has 0 fully saturated rings. The van der Waals surface area contributed by atoms with Crippen LogP contribution in [0.1, 0.15) is 41.5 Å². The summed E-state index contributed by atoms with van der Waals surface area (Å²) < 4.78 is 5.93. The minimum atomic E-state index is -0.0329. The summed E-state index contributed by atoms with van der Waals surface area (Å²) in [6, 6.07) is 0. The van der Waals surface area contributed by atoms with Gasteiger partial charge in [-0.1, -0.05) is 41.5 Å². The number of hydrogen-bond donors (Lipinski definition) is 1. The first-order valence-corrected chi connectivity index (χ1v) is 5.66. The molecule has 0 aliphatic carbocycles. The third-order valence-corrected chi connectivity index (χ3v) is 2.52. The number of thiol groups is 1. The molecule has 1 nitrogen and oxygen atoms in total. The highest BCUT2D eigenvalue weighted by molar-refractivity contribution is 7.84. The van der Waals surface area contributed by atoms with Gasteiger partial charge < -0.3 is 4.74 Å². The Morgan fingerprint density at radius 1 is 1.07 bits per heavy atom. The first kappa shape index (κ1) is 12.7. The van der Waals surface area contributed by atoms with Crippen LogP contribution >= 0.6 is 12.6 Å². The molecular formula is C13H20OS.